The normalized spacial score (nSPS) is 27.0. The highest BCUT2D eigenvalue weighted by Crippen LogP contribution is 2.54. The number of anilines is 4. The Bertz CT molecular complexity index is 3060. The Hall–Kier alpha value is -5.99. The number of pyridine rings is 1. The molecule has 3 N–H and O–H groups in total. The lowest BCUT2D eigenvalue weighted by Crippen LogP contribution is -2.54. The number of morpholine rings is 1. The SMILES string of the molecule is Cc1ccccc1[C@@H]1CCCN1C1CC2(CCN(c3ccc(C(=O)NS(=O)(=O)c4cc5c(c([N+](=O)[O-])c4)N[C@@H](CN4C[C@@H]6C[C@H]4CO6)CO5)c(N4C[C@H]5CCOC[C@H]5Oc5nc6[nH]ccc6cc54)c3)CC2)C1. The Morgan fingerprint density at radius 3 is 2.64 bits per heavy atom. The molecule has 3 aromatic carbocycles. The van der Waals surface area contributed by atoms with E-state index in [0.717, 1.165) is 62.6 Å². The van der Waals surface area contributed by atoms with Crippen LogP contribution in [0.4, 0.5) is 28.4 Å². The molecule has 1 saturated carbocycles. The smallest absolute Gasteiger partial charge is 0.297 e. The molecule has 13 rings (SSSR count). The van der Waals surface area contributed by atoms with Crippen LogP contribution in [0.2, 0.25) is 0 Å². The molecule has 8 aliphatic rings. The van der Waals surface area contributed by atoms with Crippen molar-refractivity contribution in [2.45, 2.75) is 99.6 Å². The first kappa shape index (κ1) is 45.8. The van der Waals surface area contributed by atoms with Crippen LogP contribution in [0, 0.1) is 28.4 Å². The third kappa shape index (κ3) is 8.20. The molecule has 5 saturated heterocycles. The molecule has 0 radical (unpaired) electrons. The molecule has 7 aliphatic heterocycles. The van der Waals surface area contributed by atoms with Gasteiger partial charge < -0.3 is 39.0 Å². The van der Waals surface area contributed by atoms with Crippen molar-refractivity contribution in [3.05, 3.63) is 99.7 Å². The fraction of sp³-hybridized carbons (Fsp3) is 0.509. The number of aromatic amines is 1. The van der Waals surface area contributed by atoms with Gasteiger partial charge in [-0.05, 0) is 112 Å². The van der Waals surface area contributed by atoms with Crippen LogP contribution in [0.1, 0.15) is 78.9 Å². The zero-order valence-corrected chi connectivity index (χ0v) is 41.3. The number of hydrogen-bond acceptors (Lipinski definition) is 15. The highest BCUT2D eigenvalue weighted by molar-refractivity contribution is 7.90. The lowest BCUT2D eigenvalue weighted by molar-refractivity contribution is -0.384. The molecule has 72 heavy (non-hydrogen) atoms. The largest absolute Gasteiger partial charge is 0.489 e. The quantitative estimate of drug-likeness (QED) is 0.0949. The van der Waals surface area contributed by atoms with Gasteiger partial charge in [0.1, 0.15) is 24.0 Å². The number of piperidine rings is 1. The Balaban J connectivity index is 0.791. The van der Waals surface area contributed by atoms with Gasteiger partial charge in [-0.3, -0.25) is 24.7 Å². The maximum atomic E-state index is 14.8. The van der Waals surface area contributed by atoms with E-state index in [1.54, 1.807) is 6.07 Å². The van der Waals surface area contributed by atoms with E-state index >= 15 is 0 Å². The Morgan fingerprint density at radius 1 is 0.972 bits per heavy atom. The number of carbonyl (C=O) groups is 1. The Kier molecular flexibility index (Phi) is 11.4. The highest BCUT2D eigenvalue weighted by Gasteiger charge is 2.50. The molecule has 2 bridgehead atoms. The van der Waals surface area contributed by atoms with Crippen molar-refractivity contribution in [1.29, 1.82) is 0 Å². The molecule has 1 amide bonds. The molecular formula is C53H61N9O9S. The third-order valence-electron chi connectivity index (χ3n) is 17.3. The Morgan fingerprint density at radius 2 is 1.83 bits per heavy atom. The van der Waals surface area contributed by atoms with Gasteiger partial charge >= 0.3 is 0 Å². The standard InChI is InChI=1S/C53H61N9O9S/c1-32-5-2-3-6-41(32)43-7-4-15-60(43)38-24-53(25-38)12-16-58(17-13-53)36-8-9-42(44(21-36)61-26-34-11-18-68-31-48(34)71-52-46(61)19-33-10-14-54-50(33)56-52)51(63)57-72(66,67)40-22-45(62(64)65)49-47(23-40)70-29-35(55-49)27-59-28-39-20-37(59)30-69-39/h2-3,5-6,8-10,14,19,21-23,34-35,37-39,43,48,55H,4,7,11-13,15-18,20,24-31H2,1H3,(H,54,56)(H,57,63)/t34-,35+,37+,39+,43+,48-/m1/s1. The third-order valence-corrected chi connectivity index (χ3v) is 18.6. The van der Waals surface area contributed by atoms with Gasteiger partial charge in [-0.15, -0.1) is 0 Å². The molecule has 5 aromatic rings. The van der Waals surface area contributed by atoms with E-state index in [-0.39, 0.29) is 47.8 Å². The lowest BCUT2D eigenvalue weighted by atomic mass is 9.59. The number of nitrogens with one attached hydrogen (secondary N) is 3. The zero-order chi connectivity index (χ0) is 48.9. The average Bonchev–Trinajstić information content (AvgIpc) is 4.20. The molecule has 1 spiro atoms. The van der Waals surface area contributed by atoms with E-state index in [2.05, 4.69) is 65.8 Å². The van der Waals surface area contributed by atoms with Crippen LogP contribution >= 0.6 is 0 Å². The van der Waals surface area contributed by atoms with Gasteiger partial charge in [-0.1, -0.05) is 24.3 Å². The summed E-state index contributed by atoms with van der Waals surface area (Å²) in [5.41, 5.74) is 5.63. The van der Waals surface area contributed by atoms with Crippen molar-refractivity contribution in [2.24, 2.45) is 11.3 Å². The second-order valence-electron chi connectivity index (χ2n) is 21.6. The molecule has 18 nitrogen and oxygen atoms in total. The summed E-state index contributed by atoms with van der Waals surface area (Å²) in [6.07, 6.45) is 10.3. The van der Waals surface area contributed by atoms with E-state index in [1.165, 1.54) is 42.9 Å². The van der Waals surface area contributed by atoms with Crippen LogP contribution in [0.25, 0.3) is 11.0 Å². The molecule has 0 unspecified atom stereocenters. The number of ether oxygens (including phenoxy) is 4. The van der Waals surface area contributed by atoms with E-state index in [4.69, 9.17) is 23.9 Å². The van der Waals surface area contributed by atoms with Crippen LogP contribution in [0.3, 0.4) is 0 Å². The number of fused-ring (bicyclic) bond motifs is 6. The van der Waals surface area contributed by atoms with Crippen LogP contribution in [-0.4, -0.2) is 135 Å². The molecule has 6 fully saturated rings. The number of nitrogens with zero attached hydrogens (tertiary/aromatic N) is 6. The van der Waals surface area contributed by atoms with Crippen LogP contribution < -0.4 is 29.3 Å². The van der Waals surface area contributed by atoms with E-state index in [1.807, 2.05) is 30.5 Å². The topological polar surface area (TPSA) is 197 Å². The van der Waals surface area contributed by atoms with Gasteiger partial charge in [0.15, 0.2) is 11.4 Å². The number of hydrogen-bond donors (Lipinski definition) is 3. The van der Waals surface area contributed by atoms with Crippen molar-refractivity contribution in [1.82, 2.24) is 24.5 Å². The van der Waals surface area contributed by atoms with Gasteiger partial charge in [0.05, 0.1) is 46.4 Å². The predicted molar refractivity (Wildman–Crippen MR) is 270 cm³/mol. The van der Waals surface area contributed by atoms with Gasteiger partial charge in [-0.25, -0.2) is 13.1 Å². The second-order valence-corrected chi connectivity index (χ2v) is 23.3. The summed E-state index contributed by atoms with van der Waals surface area (Å²) in [4.78, 5) is 44.0. The maximum Gasteiger partial charge on any atom is 0.297 e. The molecule has 378 valence electrons. The lowest BCUT2D eigenvalue weighted by Gasteiger charge is -2.56. The van der Waals surface area contributed by atoms with Crippen LogP contribution in [0.5, 0.6) is 11.6 Å². The maximum absolute atomic E-state index is 14.8. The van der Waals surface area contributed by atoms with Crippen LogP contribution in [0.15, 0.2) is 77.8 Å². The molecule has 9 heterocycles. The number of rotatable bonds is 10. The zero-order valence-electron chi connectivity index (χ0n) is 40.5. The van der Waals surface area contributed by atoms with Crippen LogP contribution in [-0.2, 0) is 19.5 Å². The predicted octanol–water partition coefficient (Wildman–Crippen LogP) is 7.07. The van der Waals surface area contributed by atoms with Crippen molar-refractivity contribution in [2.75, 3.05) is 80.8 Å². The summed E-state index contributed by atoms with van der Waals surface area (Å²) in [6.45, 7) is 8.70. The minimum absolute atomic E-state index is 0.000698. The van der Waals surface area contributed by atoms with Gasteiger partial charge in [0, 0.05) is 92.8 Å². The van der Waals surface area contributed by atoms with Gasteiger partial charge in [0.2, 0.25) is 5.88 Å². The van der Waals surface area contributed by atoms with Crippen molar-refractivity contribution < 1.29 is 37.1 Å². The molecule has 2 aromatic heterocycles. The number of carbonyl (C=O) groups excluding carboxylic acids is 1. The van der Waals surface area contributed by atoms with E-state index in [9.17, 15) is 23.3 Å². The first-order chi connectivity index (χ1) is 34.9. The Labute approximate surface area is 418 Å². The average molecular weight is 1000 g/mol. The highest BCUT2D eigenvalue weighted by atomic mass is 32.2. The summed E-state index contributed by atoms with van der Waals surface area (Å²) < 4.78 is 55.4. The summed E-state index contributed by atoms with van der Waals surface area (Å²) in [5, 5.41) is 16.7. The number of aromatic nitrogens is 2. The molecule has 6 atom stereocenters. The number of H-pyrrole nitrogens is 1. The fourth-order valence-corrected chi connectivity index (χ4v) is 14.4. The summed E-state index contributed by atoms with van der Waals surface area (Å²) in [6, 6.07) is 21.7. The summed E-state index contributed by atoms with van der Waals surface area (Å²) in [7, 11) is -4.69. The fourth-order valence-electron chi connectivity index (χ4n) is 13.4. The number of benzene rings is 3. The van der Waals surface area contributed by atoms with Gasteiger partial charge in [0.25, 0.3) is 21.6 Å². The first-order valence-electron chi connectivity index (χ1n) is 25.8. The molecule has 19 heteroatoms. The monoisotopic (exact) mass is 999 g/mol. The summed E-state index contributed by atoms with van der Waals surface area (Å²) in [5.74, 6) is -0.465. The minimum Gasteiger partial charge on any atom is -0.489 e. The number of nitro benzene ring substituents is 1. The van der Waals surface area contributed by atoms with Crippen molar-refractivity contribution in [3.8, 4) is 11.6 Å². The number of sulfonamides is 1. The first-order valence-corrected chi connectivity index (χ1v) is 27.3. The number of aryl methyl sites for hydroxylation is 1. The second kappa shape index (κ2) is 17.9. The van der Waals surface area contributed by atoms with Gasteiger partial charge in [-0.2, -0.15) is 4.98 Å². The van der Waals surface area contributed by atoms with Crippen molar-refractivity contribution in [3.63, 3.8) is 0 Å². The van der Waals surface area contributed by atoms with E-state index in [0.29, 0.717) is 85.8 Å². The number of amides is 1. The minimum atomic E-state index is -4.69. The summed E-state index contributed by atoms with van der Waals surface area (Å²) >= 11 is 0. The number of nitro groups is 1. The molecular weight excluding hydrogens is 939 g/mol. The van der Waals surface area contributed by atoms with Crippen molar-refractivity contribution >= 4 is 55.4 Å². The molecule has 1 aliphatic carbocycles. The number of likely N-dealkylation sites (tertiary alicyclic amines) is 2. The van der Waals surface area contributed by atoms with E-state index < -0.39 is 31.4 Å².